The van der Waals surface area contributed by atoms with Crippen LogP contribution < -0.4 is 15.5 Å². The maximum Gasteiger partial charge on any atom is 0.319 e. The second-order valence-electron chi connectivity index (χ2n) is 6.46. The SMILES string of the molecule is O=C(Nc1ccc(N2CCCC2)c(Cl)c1)NC1CCC(O)CC1. The molecule has 1 saturated heterocycles. The number of benzene rings is 1. The Morgan fingerprint density at radius 2 is 1.87 bits per heavy atom. The molecule has 23 heavy (non-hydrogen) atoms. The average Bonchev–Trinajstić information content (AvgIpc) is 3.04. The van der Waals surface area contributed by atoms with Gasteiger partial charge >= 0.3 is 6.03 Å². The third kappa shape index (κ3) is 4.30. The van der Waals surface area contributed by atoms with Crippen LogP contribution in [-0.2, 0) is 0 Å². The number of hydrogen-bond donors (Lipinski definition) is 3. The summed E-state index contributed by atoms with van der Waals surface area (Å²) in [5.74, 6) is 0. The number of anilines is 2. The van der Waals surface area contributed by atoms with E-state index >= 15 is 0 Å². The van der Waals surface area contributed by atoms with Crippen molar-refractivity contribution in [3.8, 4) is 0 Å². The first-order valence-electron chi connectivity index (χ1n) is 8.42. The van der Waals surface area contributed by atoms with Gasteiger partial charge in [0.05, 0.1) is 16.8 Å². The summed E-state index contributed by atoms with van der Waals surface area (Å²) in [4.78, 5) is 14.4. The summed E-state index contributed by atoms with van der Waals surface area (Å²) < 4.78 is 0. The van der Waals surface area contributed by atoms with Crippen molar-refractivity contribution in [2.75, 3.05) is 23.3 Å². The summed E-state index contributed by atoms with van der Waals surface area (Å²) in [6, 6.07) is 5.60. The minimum atomic E-state index is -0.215. The Balaban J connectivity index is 1.55. The molecule has 0 aromatic heterocycles. The lowest BCUT2D eigenvalue weighted by atomic mass is 9.93. The first-order valence-corrected chi connectivity index (χ1v) is 8.80. The van der Waals surface area contributed by atoms with E-state index in [2.05, 4.69) is 15.5 Å². The third-order valence-electron chi connectivity index (χ3n) is 4.68. The fraction of sp³-hybridized carbons (Fsp3) is 0.588. The van der Waals surface area contributed by atoms with Gasteiger partial charge in [0.1, 0.15) is 0 Å². The molecule has 1 heterocycles. The van der Waals surface area contributed by atoms with E-state index in [1.54, 1.807) is 6.07 Å². The quantitative estimate of drug-likeness (QED) is 0.792. The van der Waals surface area contributed by atoms with Crippen LogP contribution in [-0.4, -0.2) is 36.4 Å². The molecule has 2 fully saturated rings. The van der Waals surface area contributed by atoms with Crippen molar-refractivity contribution in [2.45, 2.75) is 50.7 Å². The van der Waals surface area contributed by atoms with E-state index in [4.69, 9.17) is 11.6 Å². The van der Waals surface area contributed by atoms with E-state index in [1.165, 1.54) is 12.8 Å². The molecular formula is C17H24ClN3O2. The fourth-order valence-electron chi connectivity index (χ4n) is 3.37. The van der Waals surface area contributed by atoms with Gasteiger partial charge in [0.15, 0.2) is 0 Å². The number of nitrogens with one attached hydrogen (secondary N) is 2. The number of carbonyl (C=O) groups excluding carboxylic acids is 1. The Morgan fingerprint density at radius 3 is 2.52 bits per heavy atom. The van der Waals surface area contributed by atoms with Gasteiger partial charge in [-0.05, 0) is 56.7 Å². The molecule has 2 amide bonds. The summed E-state index contributed by atoms with van der Waals surface area (Å²) >= 11 is 6.36. The molecule has 2 aliphatic rings. The van der Waals surface area contributed by atoms with Crippen molar-refractivity contribution in [1.29, 1.82) is 0 Å². The highest BCUT2D eigenvalue weighted by molar-refractivity contribution is 6.33. The van der Waals surface area contributed by atoms with Gasteiger partial charge in [-0.2, -0.15) is 0 Å². The second-order valence-corrected chi connectivity index (χ2v) is 6.87. The summed E-state index contributed by atoms with van der Waals surface area (Å²) in [7, 11) is 0. The van der Waals surface area contributed by atoms with Gasteiger partial charge in [-0.3, -0.25) is 0 Å². The van der Waals surface area contributed by atoms with Gasteiger partial charge in [0.2, 0.25) is 0 Å². The third-order valence-corrected chi connectivity index (χ3v) is 4.99. The van der Waals surface area contributed by atoms with E-state index in [-0.39, 0.29) is 18.2 Å². The van der Waals surface area contributed by atoms with Crippen molar-refractivity contribution in [2.24, 2.45) is 0 Å². The molecule has 1 aliphatic heterocycles. The Kier molecular flexibility index (Phi) is 5.28. The predicted molar refractivity (Wildman–Crippen MR) is 93.3 cm³/mol. The molecule has 1 aromatic carbocycles. The number of hydrogen-bond acceptors (Lipinski definition) is 3. The number of rotatable bonds is 3. The van der Waals surface area contributed by atoms with Crippen molar-refractivity contribution in [3.05, 3.63) is 23.2 Å². The van der Waals surface area contributed by atoms with E-state index in [0.717, 1.165) is 44.5 Å². The lowest BCUT2D eigenvalue weighted by molar-refractivity contribution is 0.118. The van der Waals surface area contributed by atoms with Crippen molar-refractivity contribution < 1.29 is 9.90 Å². The molecule has 6 heteroatoms. The molecule has 1 saturated carbocycles. The van der Waals surface area contributed by atoms with E-state index in [0.29, 0.717) is 10.7 Å². The van der Waals surface area contributed by atoms with Crippen LogP contribution in [0.15, 0.2) is 18.2 Å². The summed E-state index contributed by atoms with van der Waals surface area (Å²) in [5.41, 5.74) is 1.74. The first kappa shape index (κ1) is 16.4. The minimum Gasteiger partial charge on any atom is -0.393 e. The van der Waals surface area contributed by atoms with Gasteiger partial charge < -0.3 is 20.6 Å². The van der Waals surface area contributed by atoms with Gasteiger partial charge in [0.25, 0.3) is 0 Å². The molecule has 1 aromatic rings. The van der Waals surface area contributed by atoms with Gasteiger partial charge in [-0.25, -0.2) is 4.79 Å². The number of amides is 2. The molecule has 0 spiro atoms. The van der Waals surface area contributed by atoms with Crippen molar-refractivity contribution in [3.63, 3.8) is 0 Å². The van der Waals surface area contributed by atoms with Crippen LogP contribution in [0.3, 0.4) is 0 Å². The Hall–Kier alpha value is -1.46. The van der Waals surface area contributed by atoms with Gasteiger partial charge in [0, 0.05) is 24.8 Å². The molecular weight excluding hydrogens is 314 g/mol. The monoisotopic (exact) mass is 337 g/mol. The number of carbonyl (C=O) groups is 1. The van der Waals surface area contributed by atoms with Crippen molar-refractivity contribution >= 4 is 29.0 Å². The first-order chi connectivity index (χ1) is 11.1. The van der Waals surface area contributed by atoms with E-state index in [1.807, 2.05) is 12.1 Å². The van der Waals surface area contributed by atoms with Crippen LogP contribution in [0.5, 0.6) is 0 Å². The minimum absolute atomic E-state index is 0.137. The molecule has 5 nitrogen and oxygen atoms in total. The molecule has 0 atom stereocenters. The Labute approximate surface area is 142 Å². The standard InChI is InChI=1S/C17H24ClN3O2/c18-15-11-13(5-8-16(15)21-9-1-2-10-21)20-17(23)19-12-3-6-14(22)7-4-12/h5,8,11-12,14,22H,1-4,6-7,9-10H2,(H2,19,20,23). The Bertz CT molecular complexity index is 553. The molecule has 0 radical (unpaired) electrons. The molecule has 0 bridgehead atoms. The molecule has 3 N–H and O–H groups in total. The van der Waals surface area contributed by atoms with E-state index in [9.17, 15) is 9.90 Å². The van der Waals surface area contributed by atoms with Crippen molar-refractivity contribution in [1.82, 2.24) is 5.32 Å². The highest BCUT2D eigenvalue weighted by Gasteiger charge is 2.21. The topological polar surface area (TPSA) is 64.6 Å². The maximum absolute atomic E-state index is 12.1. The highest BCUT2D eigenvalue weighted by atomic mass is 35.5. The summed E-state index contributed by atoms with van der Waals surface area (Å²) in [6.07, 6.45) is 5.34. The largest absolute Gasteiger partial charge is 0.393 e. The number of nitrogens with zero attached hydrogens (tertiary/aromatic N) is 1. The number of halogens is 1. The van der Waals surface area contributed by atoms with Crippen LogP contribution in [0.1, 0.15) is 38.5 Å². The number of urea groups is 1. The van der Waals surface area contributed by atoms with Crippen LogP contribution in [0.2, 0.25) is 5.02 Å². The van der Waals surface area contributed by atoms with Crippen LogP contribution in [0.25, 0.3) is 0 Å². The lowest BCUT2D eigenvalue weighted by Gasteiger charge is -2.26. The number of aliphatic hydroxyl groups is 1. The van der Waals surface area contributed by atoms with Crippen LogP contribution in [0.4, 0.5) is 16.2 Å². The predicted octanol–water partition coefficient (Wildman–Crippen LogP) is 3.37. The smallest absolute Gasteiger partial charge is 0.319 e. The Morgan fingerprint density at radius 1 is 1.17 bits per heavy atom. The molecule has 0 unspecified atom stereocenters. The molecule has 3 rings (SSSR count). The highest BCUT2D eigenvalue weighted by Crippen LogP contribution is 2.31. The van der Waals surface area contributed by atoms with Crippen LogP contribution in [0, 0.1) is 0 Å². The number of aliphatic hydroxyl groups excluding tert-OH is 1. The summed E-state index contributed by atoms with van der Waals surface area (Å²) in [6.45, 7) is 2.08. The fourth-order valence-corrected chi connectivity index (χ4v) is 3.67. The average molecular weight is 338 g/mol. The van der Waals surface area contributed by atoms with Gasteiger partial charge in [-0.1, -0.05) is 11.6 Å². The zero-order valence-electron chi connectivity index (χ0n) is 13.2. The zero-order chi connectivity index (χ0) is 16.2. The maximum atomic E-state index is 12.1. The normalized spacial score (nSPS) is 24.5. The molecule has 1 aliphatic carbocycles. The summed E-state index contributed by atoms with van der Waals surface area (Å²) in [5, 5.41) is 16.0. The molecule has 126 valence electrons. The van der Waals surface area contributed by atoms with Gasteiger partial charge in [-0.15, -0.1) is 0 Å². The second kappa shape index (κ2) is 7.41. The zero-order valence-corrected chi connectivity index (χ0v) is 14.0. The lowest BCUT2D eigenvalue weighted by Crippen LogP contribution is -2.40. The van der Waals surface area contributed by atoms with E-state index < -0.39 is 0 Å². The van der Waals surface area contributed by atoms with Crippen LogP contribution >= 0.6 is 11.6 Å².